The second-order valence-electron chi connectivity index (χ2n) is 5.88. The first-order valence-electron chi connectivity index (χ1n) is 8.04. The topological polar surface area (TPSA) is 70.2 Å². The maximum absolute atomic E-state index is 12.5. The van der Waals surface area contributed by atoms with Gasteiger partial charge >= 0.3 is 0 Å². The van der Waals surface area contributed by atoms with Crippen LogP contribution in [0.5, 0.6) is 0 Å². The van der Waals surface area contributed by atoms with E-state index in [0.29, 0.717) is 22.8 Å². The molecule has 128 valence electrons. The highest BCUT2D eigenvalue weighted by atomic mass is 35.5. The fourth-order valence-corrected chi connectivity index (χ4v) is 3.00. The zero-order valence-electron chi connectivity index (χ0n) is 13.6. The number of aromatic amines is 1. The van der Waals surface area contributed by atoms with Crippen LogP contribution in [0.4, 0.5) is 0 Å². The van der Waals surface area contributed by atoms with E-state index >= 15 is 0 Å². The average Bonchev–Trinajstić information content (AvgIpc) is 3.10. The number of morpholine rings is 1. The lowest BCUT2D eigenvalue weighted by atomic mass is 10.1. The Morgan fingerprint density at radius 3 is 3.00 bits per heavy atom. The number of hydrogen-bond acceptors (Lipinski definition) is 4. The summed E-state index contributed by atoms with van der Waals surface area (Å²) in [6.07, 6.45) is 1.55. The molecular weight excluding hydrogens is 328 g/mol. The van der Waals surface area contributed by atoms with E-state index in [9.17, 15) is 4.79 Å². The van der Waals surface area contributed by atoms with Gasteiger partial charge in [-0.05, 0) is 19.1 Å². The van der Waals surface area contributed by atoms with Crippen molar-refractivity contribution in [3.63, 3.8) is 0 Å². The molecule has 1 aliphatic rings. The number of nitrogens with zero attached hydrogens (tertiary/aromatic N) is 2. The standard InChI is InChI=1S/C17H21ClN4O2/c1-12(22-5-7-24-8-6-22)10-19-17(23)15-11-20-21-16(15)13-3-2-4-14(18)9-13/h2-4,9,11-12H,5-8,10H2,1H3,(H,19,23)(H,20,21). The van der Waals surface area contributed by atoms with E-state index in [0.717, 1.165) is 31.9 Å². The molecular formula is C17H21ClN4O2. The fraction of sp³-hybridized carbons (Fsp3) is 0.412. The highest BCUT2D eigenvalue weighted by molar-refractivity contribution is 6.30. The van der Waals surface area contributed by atoms with Crippen LogP contribution in [0.3, 0.4) is 0 Å². The molecule has 0 bridgehead atoms. The normalized spacial score (nSPS) is 16.8. The molecule has 24 heavy (non-hydrogen) atoms. The first-order chi connectivity index (χ1) is 11.6. The number of carbonyl (C=O) groups is 1. The van der Waals surface area contributed by atoms with E-state index in [2.05, 4.69) is 27.3 Å². The van der Waals surface area contributed by atoms with Crippen LogP contribution < -0.4 is 5.32 Å². The highest BCUT2D eigenvalue weighted by Crippen LogP contribution is 2.23. The van der Waals surface area contributed by atoms with Crippen molar-refractivity contribution in [3.8, 4) is 11.3 Å². The largest absolute Gasteiger partial charge is 0.379 e. The number of hydrogen-bond donors (Lipinski definition) is 2. The van der Waals surface area contributed by atoms with Gasteiger partial charge in [-0.25, -0.2) is 0 Å². The van der Waals surface area contributed by atoms with Crippen LogP contribution in [0.1, 0.15) is 17.3 Å². The van der Waals surface area contributed by atoms with Gasteiger partial charge in [-0.2, -0.15) is 5.10 Å². The molecule has 1 aromatic heterocycles. The van der Waals surface area contributed by atoms with Crippen LogP contribution in [0, 0.1) is 0 Å². The predicted octanol–water partition coefficient (Wildman–Crippen LogP) is 2.18. The first kappa shape index (κ1) is 17.0. The molecule has 2 heterocycles. The molecule has 6 nitrogen and oxygen atoms in total. The highest BCUT2D eigenvalue weighted by Gasteiger charge is 2.20. The minimum absolute atomic E-state index is 0.140. The summed E-state index contributed by atoms with van der Waals surface area (Å²) >= 11 is 6.03. The summed E-state index contributed by atoms with van der Waals surface area (Å²) in [5, 5.41) is 10.5. The first-order valence-corrected chi connectivity index (χ1v) is 8.42. The molecule has 1 aliphatic heterocycles. The molecule has 7 heteroatoms. The summed E-state index contributed by atoms with van der Waals surface area (Å²) in [5.74, 6) is -0.140. The van der Waals surface area contributed by atoms with Crippen molar-refractivity contribution in [3.05, 3.63) is 41.0 Å². The summed E-state index contributed by atoms with van der Waals surface area (Å²) in [4.78, 5) is 14.8. The Hall–Kier alpha value is -1.89. The van der Waals surface area contributed by atoms with E-state index < -0.39 is 0 Å². The lowest BCUT2D eigenvalue weighted by Gasteiger charge is -2.32. The minimum atomic E-state index is -0.140. The van der Waals surface area contributed by atoms with E-state index in [4.69, 9.17) is 16.3 Å². The average molecular weight is 349 g/mol. The summed E-state index contributed by atoms with van der Waals surface area (Å²) < 4.78 is 5.36. The number of benzene rings is 1. The van der Waals surface area contributed by atoms with Gasteiger partial charge in [-0.15, -0.1) is 0 Å². The number of carbonyl (C=O) groups excluding carboxylic acids is 1. The van der Waals surface area contributed by atoms with E-state index in [-0.39, 0.29) is 11.9 Å². The van der Waals surface area contributed by atoms with Crippen molar-refractivity contribution in [1.29, 1.82) is 0 Å². The Morgan fingerprint density at radius 2 is 2.25 bits per heavy atom. The molecule has 2 N–H and O–H groups in total. The van der Waals surface area contributed by atoms with Crippen molar-refractivity contribution in [2.75, 3.05) is 32.8 Å². The van der Waals surface area contributed by atoms with Gasteiger partial charge in [0.15, 0.2) is 0 Å². The van der Waals surface area contributed by atoms with Gasteiger partial charge in [0.25, 0.3) is 5.91 Å². The Balaban J connectivity index is 1.64. The molecule has 1 unspecified atom stereocenters. The van der Waals surface area contributed by atoms with Crippen molar-refractivity contribution in [1.82, 2.24) is 20.4 Å². The van der Waals surface area contributed by atoms with Crippen LogP contribution in [-0.2, 0) is 4.74 Å². The molecule has 0 spiro atoms. The number of nitrogens with one attached hydrogen (secondary N) is 2. The number of H-pyrrole nitrogens is 1. The molecule has 3 rings (SSSR count). The lowest BCUT2D eigenvalue weighted by Crippen LogP contribution is -2.47. The summed E-state index contributed by atoms with van der Waals surface area (Å²) in [7, 11) is 0. The van der Waals surface area contributed by atoms with Crippen LogP contribution in [0.15, 0.2) is 30.5 Å². The van der Waals surface area contributed by atoms with Gasteiger partial charge in [-0.1, -0.05) is 23.7 Å². The third-order valence-electron chi connectivity index (χ3n) is 4.22. The molecule has 1 amide bonds. The van der Waals surface area contributed by atoms with Gasteiger partial charge in [0.1, 0.15) is 0 Å². The Bertz CT molecular complexity index is 697. The van der Waals surface area contributed by atoms with Gasteiger partial charge in [0.05, 0.1) is 30.7 Å². The number of ether oxygens (including phenoxy) is 1. The molecule has 1 atom stereocenters. The zero-order valence-corrected chi connectivity index (χ0v) is 14.3. The maximum atomic E-state index is 12.5. The van der Waals surface area contributed by atoms with Crippen molar-refractivity contribution in [2.45, 2.75) is 13.0 Å². The fourth-order valence-electron chi connectivity index (χ4n) is 2.81. The zero-order chi connectivity index (χ0) is 16.9. The molecule has 1 saturated heterocycles. The van der Waals surface area contributed by atoms with Crippen molar-refractivity contribution < 1.29 is 9.53 Å². The van der Waals surface area contributed by atoms with E-state index in [1.807, 2.05) is 18.2 Å². The van der Waals surface area contributed by atoms with Crippen molar-refractivity contribution >= 4 is 17.5 Å². The molecule has 0 radical (unpaired) electrons. The summed E-state index contributed by atoms with van der Waals surface area (Å²) in [5.41, 5.74) is 2.03. The van der Waals surface area contributed by atoms with Gasteiger partial charge in [-0.3, -0.25) is 14.8 Å². The Kier molecular flexibility index (Phi) is 5.50. The monoisotopic (exact) mass is 348 g/mol. The Morgan fingerprint density at radius 1 is 1.46 bits per heavy atom. The van der Waals surface area contributed by atoms with Crippen molar-refractivity contribution in [2.24, 2.45) is 0 Å². The van der Waals surface area contributed by atoms with Crippen LogP contribution >= 0.6 is 11.6 Å². The number of aromatic nitrogens is 2. The van der Waals surface area contributed by atoms with Gasteiger partial charge in [0, 0.05) is 36.3 Å². The number of halogens is 1. The van der Waals surface area contributed by atoms with Crippen LogP contribution in [-0.4, -0.2) is 59.9 Å². The number of rotatable bonds is 5. The van der Waals surface area contributed by atoms with Gasteiger partial charge in [0.2, 0.25) is 0 Å². The van der Waals surface area contributed by atoms with Crippen LogP contribution in [0.25, 0.3) is 11.3 Å². The molecule has 1 aromatic carbocycles. The smallest absolute Gasteiger partial charge is 0.255 e. The van der Waals surface area contributed by atoms with E-state index in [1.165, 1.54) is 0 Å². The summed E-state index contributed by atoms with van der Waals surface area (Å²) in [6, 6.07) is 7.61. The second-order valence-corrected chi connectivity index (χ2v) is 6.31. The van der Waals surface area contributed by atoms with Crippen LogP contribution in [0.2, 0.25) is 5.02 Å². The van der Waals surface area contributed by atoms with Gasteiger partial charge < -0.3 is 10.1 Å². The molecule has 2 aromatic rings. The second kappa shape index (κ2) is 7.79. The maximum Gasteiger partial charge on any atom is 0.255 e. The molecule has 1 fully saturated rings. The third-order valence-corrected chi connectivity index (χ3v) is 4.46. The number of amides is 1. The SMILES string of the molecule is CC(CNC(=O)c1cn[nH]c1-c1cccc(Cl)c1)N1CCOCC1. The lowest BCUT2D eigenvalue weighted by molar-refractivity contribution is 0.0204. The van der Waals surface area contributed by atoms with E-state index in [1.54, 1.807) is 12.3 Å². The predicted molar refractivity (Wildman–Crippen MR) is 93.2 cm³/mol. The molecule has 0 saturated carbocycles. The summed E-state index contributed by atoms with van der Waals surface area (Å²) in [6.45, 7) is 5.99. The third kappa shape index (κ3) is 3.95. The minimum Gasteiger partial charge on any atom is -0.379 e. The Labute approximate surface area is 146 Å². The quantitative estimate of drug-likeness (QED) is 0.869. The molecule has 0 aliphatic carbocycles.